The normalized spacial score (nSPS) is 15.2. The van der Waals surface area contributed by atoms with Gasteiger partial charge in [0.2, 0.25) is 0 Å². The Morgan fingerprint density at radius 1 is 1.05 bits per heavy atom. The number of carbonyl (C=O) groups excluding carboxylic acids is 2. The lowest BCUT2D eigenvalue weighted by Gasteiger charge is -2.33. The molecule has 11 heteroatoms. The molecule has 1 aliphatic rings. The molecule has 4 N–H and O–H groups in total. The highest BCUT2D eigenvalue weighted by Gasteiger charge is 2.29. The van der Waals surface area contributed by atoms with Crippen molar-refractivity contribution in [3.63, 3.8) is 0 Å². The van der Waals surface area contributed by atoms with Crippen molar-refractivity contribution in [1.82, 2.24) is 24.6 Å². The van der Waals surface area contributed by atoms with Crippen LogP contribution in [0.2, 0.25) is 0 Å². The summed E-state index contributed by atoms with van der Waals surface area (Å²) >= 11 is 0. The largest absolute Gasteiger partial charge is 0.497 e. The molecule has 2 aromatic carbocycles. The highest BCUT2D eigenvalue weighted by Crippen LogP contribution is 2.35. The second-order valence-corrected chi connectivity index (χ2v) is 11.3. The lowest BCUT2D eigenvalue weighted by Crippen LogP contribution is -2.41. The van der Waals surface area contributed by atoms with Crippen LogP contribution in [0.15, 0.2) is 67.1 Å². The molecule has 0 radical (unpaired) electrons. The molecule has 3 heterocycles. The van der Waals surface area contributed by atoms with Crippen LogP contribution in [0, 0.1) is 0 Å². The summed E-state index contributed by atoms with van der Waals surface area (Å²) in [4.78, 5) is 36.1. The van der Waals surface area contributed by atoms with E-state index in [0.717, 1.165) is 18.6 Å². The van der Waals surface area contributed by atoms with Gasteiger partial charge in [0.15, 0.2) is 0 Å². The lowest BCUT2D eigenvalue weighted by atomic mass is 9.91. The zero-order valence-electron chi connectivity index (χ0n) is 24.3. The van der Waals surface area contributed by atoms with Gasteiger partial charge in [-0.15, -0.1) is 0 Å². The third-order valence-electron chi connectivity index (χ3n) is 7.28. The van der Waals surface area contributed by atoms with E-state index >= 15 is 0 Å². The van der Waals surface area contributed by atoms with Crippen molar-refractivity contribution in [1.29, 1.82) is 0 Å². The minimum absolute atomic E-state index is 0.147. The Kier molecular flexibility index (Phi) is 8.10. The maximum absolute atomic E-state index is 13.2. The zero-order valence-corrected chi connectivity index (χ0v) is 24.3. The minimum atomic E-state index is -0.624. The lowest BCUT2D eigenvalue weighted by molar-refractivity contribution is 0.100. The number of nitrogens with two attached hydrogens (primary N) is 1. The summed E-state index contributed by atoms with van der Waals surface area (Å²) in [6.07, 6.45) is 6.64. The maximum Gasteiger partial charge on any atom is 0.321 e. The first-order chi connectivity index (χ1) is 20.1. The number of nitrogens with one attached hydrogen (secondary N) is 2. The van der Waals surface area contributed by atoms with E-state index in [-0.39, 0.29) is 17.5 Å². The number of aromatic nitrogens is 4. The van der Waals surface area contributed by atoms with Crippen LogP contribution in [0.3, 0.4) is 0 Å². The molecule has 218 valence electrons. The summed E-state index contributed by atoms with van der Waals surface area (Å²) in [5.74, 6) is 1.36. The fourth-order valence-electron chi connectivity index (χ4n) is 5.16. The number of ether oxygens (including phenoxy) is 1. The number of piperidine rings is 1. The first-order valence-electron chi connectivity index (χ1n) is 13.9. The molecule has 1 aliphatic heterocycles. The fourth-order valence-corrected chi connectivity index (χ4v) is 5.16. The molecule has 0 bridgehead atoms. The van der Waals surface area contributed by atoms with Crippen molar-refractivity contribution in [2.24, 2.45) is 5.73 Å². The van der Waals surface area contributed by atoms with Gasteiger partial charge in [-0.1, -0.05) is 24.3 Å². The smallest absolute Gasteiger partial charge is 0.321 e. The second-order valence-electron chi connectivity index (χ2n) is 11.3. The quantitative estimate of drug-likeness (QED) is 0.273. The van der Waals surface area contributed by atoms with Crippen LogP contribution in [-0.4, -0.2) is 56.8 Å². The van der Waals surface area contributed by atoms with E-state index in [2.05, 4.69) is 32.7 Å². The minimum Gasteiger partial charge on any atom is -0.497 e. The van der Waals surface area contributed by atoms with Crippen LogP contribution < -0.4 is 21.1 Å². The number of amides is 3. The number of urea groups is 1. The number of hydrogen-bond donors (Lipinski definition) is 3. The third kappa shape index (κ3) is 6.19. The molecule has 5 rings (SSSR count). The highest BCUT2D eigenvalue weighted by atomic mass is 16.5. The number of primary amides is 1. The molecule has 11 nitrogen and oxygen atoms in total. The Hall–Kier alpha value is -4.93. The summed E-state index contributed by atoms with van der Waals surface area (Å²) in [5, 5.41) is 11.0. The summed E-state index contributed by atoms with van der Waals surface area (Å²) < 4.78 is 7.00. The summed E-state index contributed by atoms with van der Waals surface area (Å²) in [7, 11) is 1.65. The number of hydrogen-bond acceptors (Lipinski definition) is 7. The summed E-state index contributed by atoms with van der Waals surface area (Å²) in [6, 6.07) is 15.1. The summed E-state index contributed by atoms with van der Waals surface area (Å²) in [5.41, 5.74) is 8.60. The van der Waals surface area contributed by atoms with Gasteiger partial charge in [-0.05, 0) is 63.4 Å². The third-order valence-corrected chi connectivity index (χ3v) is 7.28. The zero-order chi connectivity index (χ0) is 29.9. The average Bonchev–Trinajstić information content (AvgIpc) is 3.38. The number of nitrogens with zero attached hydrogens (tertiary/aromatic N) is 5. The number of rotatable bonds is 7. The molecular weight excluding hydrogens is 532 g/mol. The highest BCUT2D eigenvalue weighted by molar-refractivity contribution is 6.04. The van der Waals surface area contributed by atoms with Gasteiger partial charge in [-0.25, -0.2) is 14.5 Å². The van der Waals surface area contributed by atoms with Crippen molar-refractivity contribution in [3.8, 4) is 17.0 Å². The molecule has 4 aromatic rings. The van der Waals surface area contributed by atoms with Crippen LogP contribution in [0.5, 0.6) is 5.75 Å². The standard InChI is InChI=1S/C31H36N8O3/c1-31(2,3)39-29(36-25-18-33-15-16-34-25)26(28(32)40)27(37-39)21-7-11-23(12-8-21)35-30(41)38-17-5-6-22(19-38)20-9-13-24(42-4)14-10-20/h7-16,18,22H,5-6,17,19H2,1-4H3,(H2,32,40)(H,34,36)(H,35,41). The Bertz CT molecular complexity index is 1540. The van der Waals surface area contributed by atoms with Crippen LogP contribution in [-0.2, 0) is 5.54 Å². The molecule has 1 unspecified atom stereocenters. The SMILES string of the molecule is COc1ccc(C2CCCN(C(=O)Nc3ccc(-c4nn(C(C)(C)C)c(Nc5cnccn5)c4C(N)=O)cc3)C2)cc1. The van der Waals surface area contributed by atoms with Gasteiger partial charge in [-0.3, -0.25) is 9.78 Å². The predicted molar refractivity (Wildman–Crippen MR) is 162 cm³/mol. The molecule has 0 aliphatic carbocycles. The van der Waals surface area contributed by atoms with Crippen molar-refractivity contribution in [3.05, 3.63) is 78.2 Å². The topological polar surface area (TPSA) is 140 Å². The van der Waals surface area contributed by atoms with E-state index in [4.69, 9.17) is 15.6 Å². The number of likely N-dealkylation sites (tertiary alicyclic amines) is 1. The molecular formula is C31H36N8O3. The Morgan fingerprint density at radius 3 is 2.40 bits per heavy atom. The molecule has 2 aromatic heterocycles. The predicted octanol–water partition coefficient (Wildman–Crippen LogP) is 5.36. The van der Waals surface area contributed by atoms with Crippen molar-refractivity contribution < 1.29 is 14.3 Å². The second kappa shape index (κ2) is 11.9. The Balaban J connectivity index is 1.35. The van der Waals surface area contributed by atoms with Gasteiger partial charge >= 0.3 is 6.03 Å². The van der Waals surface area contributed by atoms with Crippen molar-refractivity contribution >= 4 is 29.3 Å². The van der Waals surface area contributed by atoms with Crippen molar-refractivity contribution in [2.75, 3.05) is 30.8 Å². The van der Waals surface area contributed by atoms with Crippen LogP contribution in [0.4, 0.5) is 22.1 Å². The van der Waals surface area contributed by atoms with Gasteiger partial charge < -0.3 is 26.0 Å². The van der Waals surface area contributed by atoms with E-state index in [9.17, 15) is 9.59 Å². The molecule has 1 atom stereocenters. The molecule has 3 amide bonds. The molecule has 1 saturated heterocycles. The number of methoxy groups -OCH3 is 1. The van der Waals surface area contributed by atoms with Crippen LogP contribution in [0.25, 0.3) is 11.3 Å². The fraction of sp³-hybridized carbons (Fsp3) is 0.323. The summed E-state index contributed by atoms with van der Waals surface area (Å²) in [6.45, 7) is 7.28. The maximum atomic E-state index is 13.2. The van der Waals surface area contributed by atoms with Crippen LogP contribution in [0.1, 0.15) is 55.5 Å². The Morgan fingerprint density at radius 2 is 1.79 bits per heavy atom. The van der Waals surface area contributed by atoms with Gasteiger partial charge in [-0.2, -0.15) is 5.10 Å². The van der Waals surface area contributed by atoms with Gasteiger partial charge in [0, 0.05) is 42.7 Å². The van der Waals surface area contributed by atoms with Gasteiger partial charge in [0.05, 0.1) is 18.8 Å². The number of carbonyl (C=O) groups is 2. The van der Waals surface area contributed by atoms with E-state index in [1.807, 2.05) is 49.9 Å². The van der Waals surface area contributed by atoms with E-state index in [1.165, 1.54) is 5.56 Å². The Labute approximate surface area is 245 Å². The number of anilines is 3. The van der Waals surface area contributed by atoms with E-state index in [0.29, 0.717) is 41.7 Å². The van der Waals surface area contributed by atoms with Crippen molar-refractivity contribution in [2.45, 2.75) is 45.1 Å². The first kappa shape index (κ1) is 28.6. The van der Waals surface area contributed by atoms with Crippen LogP contribution >= 0.6 is 0 Å². The van der Waals surface area contributed by atoms with E-state index < -0.39 is 11.4 Å². The molecule has 42 heavy (non-hydrogen) atoms. The molecule has 0 spiro atoms. The average molecular weight is 569 g/mol. The molecule has 1 fully saturated rings. The first-order valence-corrected chi connectivity index (χ1v) is 13.9. The number of benzene rings is 2. The molecule has 0 saturated carbocycles. The van der Waals surface area contributed by atoms with Gasteiger partial charge in [0.1, 0.15) is 28.6 Å². The monoisotopic (exact) mass is 568 g/mol. The van der Waals surface area contributed by atoms with E-state index in [1.54, 1.807) is 42.5 Å². The van der Waals surface area contributed by atoms with Gasteiger partial charge in [0.25, 0.3) is 5.91 Å².